The molecule has 0 aromatic heterocycles. The number of hydrogen-bond acceptors (Lipinski definition) is 4. The van der Waals surface area contributed by atoms with Crippen LogP contribution in [0.25, 0.3) is 0 Å². The van der Waals surface area contributed by atoms with Crippen molar-refractivity contribution in [2.24, 2.45) is 0 Å². The maximum atomic E-state index is 12.1. The van der Waals surface area contributed by atoms with Gasteiger partial charge in [0.15, 0.2) is 0 Å². The molecular weight excluding hydrogens is 388 g/mol. The van der Waals surface area contributed by atoms with Gasteiger partial charge < -0.3 is 9.47 Å². The van der Waals surface area contributed by atoms with E-state index in [2.05, 4.69) is 13.8 Å². The summed E-state index contributed by atoms with van der Waals surface area (Å²) in [4.78, 5) is 24.2. The summed E-state index contributed by atoms with van der Waals surface area (Å²) in [6.07, 6.45) is 18.1. The van der Waals surface area contributed by atoms with Crippen LogP contribution in [0.15, 0.2) is 24.3 Å². The molecule has 4 heteroatoms. The Bertz CT molecular complexity index is 579. The molecule has 1 aromatic rings. The Hall–Kier alpha value is -1.84. The SMILES string of the molecule is CCCCCCCCCCCCOC(=O)c1ccc(C(=O)OCCCCCCC)cc1. The van der Waals surface area contributed by atoms with Gasteiger partial charge >= 0.3 is 11.9 Å². The van der Waals surface area contributed by atoms with Crippen molar-refractivity contribution in [3.63, 3.8) is 0 Å². The molecule has 0 amide bonds. The van der Waals surface area contributed by atoms with Crippen LogP contribution in [-0.2, 0) is 9.47 Å². The molecule has 176 valence electrons. The van der Waals surface area contributed by atoms with E-state index < -0.39 is 0 Å². The largest absolute Gasteiger partial charge is 0.462 e. The average molecular weight is 433 g/mol. The van der Waals surface area contributed by atoms with E-state index in [4.69, 9.17) is 9.47 Å². The van der Waals surface area contributed by atoms with Crippen molar-refractivity contribution in [1.29, 1.82) is 0 Å². The third-order valence-corrected chi connectivity index (χ3v) is 5.57. The lowest BCUT2D eigenvalue weighted by Gasteiger charge is -2.07. The van der Waals surface area contributed by atoms with Gasteiger partial charge in [-0.2, -0.15) is 0 Å². The third-order valence-electron chi connectivity index (χ3n) is 5.57. The third kappa shape index (κ3) is 14.0. The number of hydrogen-bond donors (Lipinski definition) is 0. The average Bonchev–Trinajstić information content (AvgIpc) is 2.79. The highest BCUT2D eigenvalue weighted by Gasteiger charge is 2.11. The first-order valence-electron chi connectivity index (χ1n) is 12.6. The van der Waals surface area contributed by atoms with Crippen molar-refractivity contribution >= 4 is 11.9 Å². The van der Waals surface area contributed by atoms with Crippen molar-refractivity contribution in [2.75, 3.05) is 13.2 Å². The van der Waals surface area contributed by atoms with Gasteiger partial charge in [0, 0.05) is 0 Å². The predicted octanol–water partition coefficient (Wildman–Crippen LogP) is 7.89. The first kappa shape index (κ1) is 27.2. The van der Waals surface area contributed by atoms with Crippen molar-refractivity contribution in [3.05, 3.63) is 35.4 Å². The fourth-order valence-corrected chi connectivity index (χ4v) is 3.53. The van der Waals surface area contributed by atoms with Crippen LogP contribution in [0.2, 0.25) is 0 Å². The first-order chi connectivity index (χ1) is 15.2. The van der Waals surface area contributed by atoms with E-state index in [0.29, 0.717) is 24.3 Å². The van der Waals surface area contributed by atoms with E-state index in [1.807, 2.05) is 0 Å². The Kier molecular flexibility index (Phi) is 16.6. The minimum absolute atomic E-state index is 0.327. The Morgan fingerprint density at radius 1 is 0.516 bits per heavy atom. The van der Waals surface area contributed by atoms with Gasteiger partial charge in [-0.15, -0.1) is 0 Å². The van der Waals surface area contributed by atoms with Gasteiger partial charge in [0.25, 0.3) is 0 Å². The van der Waals surface area contributed by atoms with Crippen LogP contribution in [0.1, 0.15) is 131 Å². The Morgan fingerprint density at radius 3 is 1.13 bits per heavy atom. The van der Waals surface area contributed by atoms with Crippen molar-refractivity contribution < 1.29 is 19.1 Å². The van der Waals surface area contributed by atoms with E-state index >= 15 is 0 Å². The lowest BCUT2D eigenvalue weighted by Crippen LogP contribution is -2.09. The second-order valence-corrected chi connectivity index (χ2v) is 8.45. The van der Waals surface area contributed by atoms with E-state index in [1.54, 1.807) is 24.3 Å². The number of ether oxygens (including phenoxy) is 2. The van der Waals surface area contributed by atoms with Crippen molar-refractivity contribution in [2.45, 2.75) is 110 Å². The number of esters is 2. The molecule has 0 saturated heterocycles. The van der Waals surface area contributed by atoms with Crippen LogP contribution >= 0.6 is 0 Å². The molecule has 31 heavy (non-hydrogen) atoms. The summed E-state index contributed by atoms with van der Waals surface area (Å²) in [6.45, 7) is 5.33. The Morgan fingerprint density at radius 2 is 0.806 bits per heavy atom. The standard InChI is InChI=1S/C27H44O4/c1-3-5-7-9-10-11-12-13-15-17-23-31-27(29)25-20-18-24(19-21-25)26(28)30-22-16-14-8-6-4-2/h18-21H,3-17,22-23H2,1-2H3. The maximum absolute atomic E-state index is 12.1. The second kappa shape index (κ2) is 18.9. The zero-order chi connectivity index (χ0) is 22.6. The topological polar surface area (TPSA) is 52.6 Å². The zero-order valence-corrected chi connectivity index (χ0v) is 20.0. The van der Waals surface area contributed by atoms with Crippen LogP contribution in [0.3, 0.4) is 0 Å². The summed E-state index contributed by atoms with van der Waals surface area (Å²) in [6, 6.07) is 6.55. The van der Waals surface area contributed by atoms with Gasteiger partial charge in [0.2, 0.25) is 0 Å². The van der Waals surface area contributed by atoms with Gasteiger partial charge in [-0.3, -0.25) is 0 Å². The fraction of sp³-hybridized carbons (Fsp3) is 0.704. The molecule has 0 saturated carbocycles. The maximum Gasteiger partial charge on any atom is 0.338 e. The molecular formula is C27H44O4. The van der Waals surface area contributed by atoms with Crippen molar-refractivity contribution in [1.82, 2.24) is 0 Å². The molecule has 0 bridgehead atoms. The highest BCUT2D eigenvalue weighted by molar-refractivity contribution is 5.93. The summed E-state index contributed by atoms with van der Waals surface area (Å²) in [5.41, 5.74) is 0.947. The zero-order valence-electron chi connectivity index (χ0n) is 20.0. The van der Waals surface area contributed by atoms with E-state index in [0.717, 1.165) is 25.7 Å². The van der Waals surface area contributed by atoms with E-state index in [-0.39, 0.29) is 11.9 Å². The lowest BCUT2D eigenvalue weighted by atomic mass is 10.1. The molecule has 4 nitrogen and oxygen atoms in total. The van der Waals surface area contributed by atoms with Gasteiger partial charge in [0.05, 0.1) is 24.3 Å². The number of carbonyl (C=O) groups excluding carboxylic acids is 2. The van der Waals surface area contributed by atoms with Crippen LogP contribution in [0, 0.1) is 0 Å². The van der Waals surface area contributed by atoms with Crippen LogP contribution in [-0.4, -0.2) is 25.2 Å². The number of rotatable bonds is 19. The highest BCUT2D eigenvalue weighted by Crippen LogP contribution is 2.12. The van der Waals surface area contributed by atoms with Gasteiger partial charge in [0.1, 0.15) is 0 Å². The molecule has 0 spiro atoms. The van der Waals surface area contributed by atoms with E-state index in [9.17, 15) is 9.59 Å². The van der Waals surface area contributed by atoms with E-state index in [1.165, 1.54) is 70.6 Å². The smallest absolute Gasteiger partial charge is 0.338 e. The normalized spacial score (nSPS) is 10.8. The summed E-state index contributed by atoms with van der Waals surface area (Å²) in [5.74, 6) is -0.660. The summed E-state index contributed by atoms with van der Waals surface area (Å²) in [7, 11) is 0. The number of benzene rings is 1. The second-order valence-electron chi connectivity index (χ2n) is 8.45. The Balaban J connectivity index is 2.11. The van der Waals surface area contributed by atoms with Gasteiger partial charge in [-0.05, 0) is 37.1 Å². The van der Waals surface area contributed by atoms with Gasteiger partial charge in [-0.1, -0.05) is 97.3 Å². The molecule has 0 atom stereocenters. The molecule has 0 aliphatic carbocycles. The first-order valence-corrected chi connectivity index (χ1v) is 12.6. The minimum atomic E-state index is -0.333. The molecule has 0 N–H and O–H groups in total. The Labute approximate surface area is 190 Å². The monoisotopic (exact) mass is 432 g/mol. The van der Waals surface area contributed by atoms with Crippen molar-refractivity contribution in [3.8, 4) is 0 Å². The fourth-order valence-electron chi connectivity index (χ4n) is 3.53. The molecule has 0 aliphatic heterocycles. The molecule has 1 rings (SSSR count). The molecule has 0 heterocycles. The molecule has 0 unspecified atom stereocenters. The number of unbranched alkanes of at least 4 members (excludes halogenated alkanes) is 13. The summed E-state index contributed by atoms with van der Waals surface area (Å²) < 4.78 is 10.7. The molecule has 0 fully saturated rings. The lowest BCUT2D eigenvalue weighted by molar-refractivity contribution is 0.0483. The summed E-state index contributed by atoms with van der Waals surface area (Å²) >= 11 is 0. The summed E-state index contributed by atoms with van der Waals surface area (Å²) in [5, 5.41) is 0. The quantitative estimate of drug-likeness (QED) is 0.165. The molecule has 0 aliphatic rings. The molecule has 1 aromatic carbocycles. The van der Waals surface area contributed by atoms with Gasteiger partial charge in [-0.25, -0.2) is 9.59 Å². The van der Waals surface area contributed by atoms with Crippen LogP contribution in [0.4, 0.5) is 0 Å². The predicted molar refractivity (Wildman–Crippen MR) is 128 cm³/mol. The number of carbonyl (C=O) groups is 2. The highest BCUT2D eigenvalue weighted by atomic mass is 16.5. The van der Waals surface area contributed by atoms with Crippen LogP contribution < -0.4 is 0 Å². The molecule has 0 radical (unpaired) electrons. The van der Waals surface area contributed by atoms with Crippen LogP contribution in [0.5, 0.6) is 0 Å². The minimum Gasteiger partial charge on any atom is -0.462 e.